The smallest absolute Gasteiger partial charge is 0.264 e. The molecule has 0 bridgehead atoms. The first-order valence-corrected chi connectivity index (χ1v) is 11.3. The molecule has 0 heterocycles. The molecule has 0 aliphatic carbocycles. The van der Waals surface area contributed by atoms with E-state index < -0.39 is 10.0 Å². The summed E-state index contributed by atoms with van der Waals surface area (Å²) in [4.78, 5) is 13.2. The van der Waals surface area contributed by atoms with Gasteiger partial charge in [-0.15, -0.1) is 0 Å². The van der Waals surface area contributed by atoms with Crippen LogP contribution in [0.4, 0.5) is 5.69 Å². The molecule has 0 saturated heterocycles. The largest absolute Gasteiger partial charge is 0.497 e. The van der Waals surface area contributed by atoms with Gasteiger partial charge >= 0.3 is 0 Å². The van der Waals surface area contributed by atoms with Gasteiger partial charge in [-0.05, 0) is 55.8 Å². The number of nitrogens with one attached hydrogen (secondary N) is 1. The van der Waals surface area contributed by atoms with Crippen molar-refractivity contribution in [2.45, 2.75) is 24.8 Å². The number of carbonyl (C=O) groups excluding carboxylic acids is 1. The highest BCUT2D eigenvalue weighted by Gasteiger charge is 2.25. The third-order valence-electron chi connectivity index (χ3n) is 5.13. The van der Waals surface area contributed by atoms with Gasteiger partial charge in [0.1, 0.15) is 5.75 Å². The number of aryl methyl sites for hydroxylation is 1. The molecule has 0 unspecified atom stereocenters. The minimum Gasteiger partial charge on any atom is -0.497 e. The van der Waals surface area contributed by atoms with E-state index in [0.29, 0.717) is 5.69 Å². The maximum atomic E-state index is 13.1. The average molecular weight is 439 g/mol. The molecule has 0 aliphatic heterocycles. The molecule has 0 saturated carbocycles. The van der Waals surface area contributed by atoms with E-state index in [1.807, 2.05) is 38.1 Å². The Labute approximate surface area is 183 Å². The molecule has 1 N–H and O–H groups in total. The highest BCUT2D eigenvalue weighted by molar-refractivity contribution is 7.92. The Kier molecular flexibility index (Phi) is 6.65. The zero-order chi connectivity index (χ0) is 22.6. The summed E-state index contributed by atoms with van der Waals surface area (Å²) in [6.07, 6.45) is 0. The van der Waals surface area contributed by atoms with Crippen LogP contribution in [0.15, 0.2) is 77.7 Å². The minimum atomic E-state index is -3.81. The van der Waals surface area contributed by atoms with Crippen LogP contribution in [0.5, 0.6) is 5.75 Å². The topological polar surface area (TPSA) is 75.7 Å². The fourth-order valence-corrected chi connectivity index (χ4v) is 4.40. The van der Waals surface area contributed by atoms with Gasteiger partial charge in [0.05, 0.1) is 29.3 Å². The molecule has 0 aliphatic rings. The fourth-order valence-electron chi connectivity index (χ4n) is 3.19. The number of ether oxygens (including phenoxy) is 1. The molecule has 6 nitrogen and oxygen atoms in total. The molecule has 0 radical (unpaired) electrons. The molecular weight excluding hydrogens is 412 g/mol. The third-order valence-corrected chi connectivity index (χ3v) is 6.92. The van der Waals surface area contributed by atoms with Crippen LogP contribution in [-0.4, -0.2) is 28.5 Å². The fraction of sp³-hybridized carbons (Fsp3) is 0.208. The number of rotatable bonds is 7. The van der Waals surface area contributed by atoms with Gasteiger partial charge in [-0.25, -0.2) is 8.42 Å². The van der Waals surface area contributed by atoms with E-state index in [4.69, 9.17) is 4.74 Å². The lowest BCUT2D eigenvalue weighted by atomic mass is 10.1. The molecule has 3 aromatic rings. The van der Waals surface area contributed by atoms with Crippen molar-refractivity contribution in [3.63, 3.8) is 0 Å². The second kappa shape index (κ2) is 9.22. The van der Waals surface area contributed by atoms with Crippen molar-refractivity contribution in [3.05, 3.63) is 89.5 Å². The lowest BCUT2D eigenvalue weighted by Crippen LogP contribution is -2.31. The second-order valence-electron chi connectivity index (χ2n) is 7.27. The van der Waals surface area contributed by atoms with Crippen LogP contribution in [-0.2, 0) is 10.0 Å². The Bertz CT molecular complexity index is 1160. The van der Waals surface area contributed by atoms with Crippen molar-refractivity contribution in [2.24, 2.45) is 0 Å². The van der Waals surface area contributed by atoms with Gasteiger partial charge in [0.2, 0.25) is 0 Å². The summed E-state index contributed by atoms with van der Waals surface area (Å²) in [5, 5.41) is 2.94. The number of nitrogens with zero attached hydrogens (tertiary/aromatic N) is 1. The molecule has 0 aromatic heterocycles. The highest BCUT2D eigenvalue weighted by Crippen LogP contribution is 2.27. The minimum absolute atomic E-state index is 0.169. The van der Waals surface area contributed by atoms with Gasteiger partial charge in [-0.2, -0.15) is 0 Å². The Morgan fingerprint density at radius 3 is 2.19 bits per heavy atom. The van der Waals surface area contributed by atoms with Gasteiger partial charge in [-0.3, -0.25) is 9.10 Å². The van der Waals surface area contributed by atoms with Crippen molar-refractivity contribution >= 4 is 21.6 Å². The summed E-state index contributed by atoms with van der Waals surface area (Å²) in [6, 6.07) is 20.4. The molecule has 7 heteroatoms. The quantitative estimate of drug-likeness (QED) is 0.596. The van der Waals surface area contributed by atoms with Crippen LogP contribution < -0.4 is 14.4 Å². The lowest BCUT2D eigenvalue weighted by Gasteiger charge is -2.23. The van der Waals surface area contributed by atoms with E-state index in [1.54, 1.807) is 55.6 Å². The highest BCUT2D eigenvalue weighted by atomic mass is 32.2. The normalized spacial score (nSPS) is 12.1. The standard InChI is InChI=1S/C24H26N2O4S/c1-17-9-15-21(16-10-17)31(28,29)26(3)23-8-6-5-7-22(23)24(27)25-18(2)19-11-13-20(30-4)14-12-19/h5-16,18H,1-4H3,(H,25,27)/t18-/m0/s1. The number of carbonyl (C=O) groups is 1. The third kappa shape index (κ3) is 4.88. The number of methoxy groups -OCH3 is 1. The van der Waals surface area contributed by atoms with E-state index in [1.165, 1.54) is 7.05 Å². The average Bonchev–Trinajstić information content (AvgIpc) is 2.78. The van der Waals surface area contributed by atoms with E-state index in [2.05, 4.69) is 5.32 Å². The number of para-hydroxylation sites is 1. The monoisotopic (exact) mass is 438 g/mol. The van der Waals surface area contributed by atoms with E-state index in [0.717, 1.165) is 21.2 Å². The van der Waals surface area contributed by atoms with Crippen molar-refractivity contribution in [1.29, 1.82) is 0 Å². The first kappa shape index (κ1) is 22.4. The van der Waals surface area contributed by atoms with Gasteiger partial charge in [-0.1, -0.05) is 42.0 Å². The number of hydrogen-bond donors (Lipinski definition) is 1. The summed E-state index contributed by atoms with van der Waals surface area (Å²) < 4.78 is 32.5. The molecule has 1 atom stereocenters. The summed E-state index contributed by atoms with van der Waals surface area (Å²) in [7, 11) is -0.766. The number of sulfonamides is 1. The molecule has 0 spiro atoms. The Morgan fingerprint density at radius 1 is 0.968 bits per heavy atom. The number of amides is 1. The zero-order valence-electron chi connectivity index (χ0n) is 18.0. The van der Waals surface area contributed by atoms with Crippen molar-refractivity contribution in [1.82, 2.24) is 5.32 Å². The molecule has 31 heavy (non-hydrogen) atoms. The van der Waals surface area contributed by atoms with Crippen LogP contribution in [0.1, 0.15) is 34.5 Å². The van der Waals surface area contributed by atoms with Gasteiger partial charge in [0.25, 0.3) is 15.9 Å². The molecule has 162 valence electrons. The lowest BCUT2D eigenvalue weighted by molar-refractivity contribution is 0.0940. The number of hydrogen-bond acceptors (Lipinski definition) is 4. The van der Waals surface area contributed by atoms with Crippen LogP contribution >= 0.6 is 0 Å². The first-order valence-electron chi connectivity index (χ1n) is 9.83. The number of benzene rings is 3. The summed E-state index contributed by atoms with van der Waals surface area (Å²) >= 11 is 0. The predicted octanol–water partition coefficient (Wildman–Crippen LogP) is 4.32. The molecule has 3 rings (SSSR count). The van der Waals surface area contributed by atoms with Crippen LogP contribution in [0.25, 0.3) is 0 Å². The maximum Gasteiger partial charge on any atom is 0.264 e. The van der Waals surface area contributed by atoms with Crippen molar-refractivity contribution < 1.29 is 17.9 Å². The van der Waals surface area contributed by atoms with Crippen molar-refractivity contribution in [3.8, 4) is 5.75 Å². The van der Waals surface area contributed by atoms with Gasteiger partial charge < -0.3 is 10.1 Å². The maximum absolute atomic E-state index is 13.1. The second-order valence-corrected chi connectivity index (χ2v) is 9.24. The van der Waals surface area contributed by atoms with E-state index in [-0.39, 0.29) is 22.4 Å². The molecule has 1 amide bonds. The Morgan fingerprint density at radius 2 is 1.58 bits per heavy atom. The van der Waals surface area contributed by atoms with E-state index >= 15 is 0 Å². The predicted molar refractivity (Wildman–Crippen MR) is 122 cm³/mol. The van der Waals surface area contributed by atoms with Gasteiger partial charge in [0, 0.05) is 7.05 Å². The van der Waals surface area contributed by atoms with Crippen molar-refractivity contribution in [2.75, 3.05) is 18.5 Å². The SMILES string of the molecule is COc1ccc([C@H](C)NC(=O)c2ccccc2N(C)S(=O)(=O)c2ccc(C)cc2)cc1. The van der Waals surface area contributed by atoms with Gasteiger partial charge in [0.15, 0.2) is 0 Å². The Balaban J connectivity index is 1.86. The van der Waals surface area contributed by atoms with E-state index in [9.17, 15) is 13.2 Å². The summed E-state index contributed by atoms with van der Waals surface area (Å²) in [5.74, 6) is 0.375. The van der Waals surface area contributed by atoms with Crippen LogP contribution in [0.2, 0.25) is 0 Å². The molecule has 3 aromatic carbocycles. The van der Waals surface area contributed by atoms with Crippen LogP contribution in [0.3, 0.4) is 0 Å². The summed E-state index contributed by atoms with van der Waals surface area (Å²) in [5.41, 5.74) is 2.46. The zero-order valence-corrected chi connectivity index (χ0v) is 18.8. The molecule has 0 fully saturated rings. The van der Waals surface area contributed by atoms with Crippen LogP contribution in [0, 0.1) is 6.92 Å². The first-order chi connectivity index (χ1) is 14.7. The Hall–Kier alpha value is -3.32. The summed E-state index contributed by atoms with van der Waals surface area (Å²) in [6.45, 7) is 3.76. The number of anilines is 1. The molecular formula is C24H26N2O4S.